The highest BCUT2D eigenvalue weighted by Gasteiger charge is 2.08. The van der Waals surface area contributed by atoms with Crippen LogP contribution in [0.2, 0.25) is 0 Å². The van der Waals surface area contributed by atoms with Gasteiger partial charge in [0.15, 0.2) is 9.84 Å². The van der Waals surface area contributed by atoms with Crippen LogP contribution >= 0.6 is 0 Å². The number of sulfone groups is 1. The van der Waals surface area contributed by atoms with Gasteiger partial charge in [0.25, 0.3) is 5.91 Å². The van der Waals surface area contributed by atoms with Gasteiger partial charge in [-0.15, -0.1) is 0 Å². The monoisotopic (exact) mass is 335 g/mol. The van der Waals surface area contributed by atoms with Gasteiger partial charge < -0.3 is 5.32 Å². The van der Waals surface area contributed by atoms with Gasteiger partial charge >= 0.3 is 0 Å². The molecule has 0 aromatic heterocycles. The number of rotatable bonds is 6. The Balaban J connectivity index is 1.88. The van der Waals surface area contributed by atoms with Gasteiger partial charge in [-0.05, 0) is 41.8 Å². The molecule has 0 saturated heterocycles. The van der Waals surface area contributed by atoms with Crippen molar-refractivity contribution in [2.75, 3.05) is 12.8 Å². The number of nitrogens with one attached hydrogen (secondary N) is 1. The van der Waals surface area contributed by atoms with E-state index in [-0.39, 0.29) is 17.5 Å². The van der Waals surface area contributed by atoms with Crippen molar-refractivity contribution in [3.63, 3.8) is 0 Å². The van der Waals surface area contributed by atoms with Crippen molar-refractivity contribution in [2.24, 2.45) is 0 Å². The van der Waals surface area contributed by atoms with Crippen molar-refractivity contribution < 1.29 is 17.6 Å². The lowest BCUT2D eigenvalue weighted by atomic mass is 10.1. The molecule has 2 rings (SSSR count). The predicted molar refractivity (Wildman–Crippen MR) is 87.4 cm³/mol. The number of amides is 1. The Bertz CT molecular complexity index is 786. The van der Waals surface area contributed by atoms with Crippen LogP contribution in [-0.4, -0.2) is 27.1 Å². The zero-order valence-electron chi connectivity index (χ0n) is 12.8. The molecule has 0 aliphatic heterocycles. The van der Waals surface area contributed by atoms with E-state index in [9.17, 15) is 17.6 Å². The van der Waals surface area contributed by atoms with Crippen LogP contribution in [-0.2, 0) is 22.0 Å². The van der Waals surface area contributed by atoms with E-state index in [0.29, 0.717) is 24.1 Å². The van der Waals surface area contributed by atoms with Gasteiger partial charge in [-0.3, -0.25) is 4.79 Å². The van der Waals surface area contributed by atoms with Crippen molar-refractivity contribution in [3.8, 4) is 0 Å². The largest absolute Gasteiger partial charge is 0.352 e. The van der Waals surface area contributed by atoms with Crippen molar-refractivity contribution in [1.82, 2.24) is 5.32 Å². The molecule has 0 spiro atoms. The summed E-state index contributed by atoms with van der Waals surface area (Å²) in [6.07, 6.45) is 1.70. The first-order chi connectivity index (χ1) is 10.8. The van der Waals surface area contributed by atoms with Gasteiger partial charge in [0.05, 0.1) is 5.75 Å². The SMILES string of the molecule is CS(=O)(=O)Cc1ccc(C(=O)NCCc2cccc(F)c2)cc1. The second-order valence-corrected chi connectivity index (χ2v) is 7.54. The average Bonchev–Trinajstić information content (AvgIpc) is 2.46. The normalized spacial score (nSPS) is 11.2. The molecule has 0 aliphatic rings. The molecule has 2 aromatic carbocycles. The van der Waals surface area contributed by atoms with E-state index in [1.54, 1.807) is 36.4 Å². The Labute approximate surface area is 135 Å². The van der Waals surface area contributed by atoms with Crippen LogP contribution in [0.5, 0.6) is 0 Å². The number of halogens is 1. The van der Waals surface area contributed by atoms with Gasteiger partial charge in [-0.1, -0.05) is 24.3 Å². The third-order valence-corrected chi connectivity index (χ3v) is 4.09. The summed E-state index contributed by atoms with van der Waals surface area (Å²) in [7, 11) is -3.09. The summed E-state index contributed by atoms with van der Waals surface area (Å²) in [4.78, 5) is 12.0. The lowest BCUT2D eigenvalue weighted by Gasteiger charge is -2.06. The molecule has 0 heterocycles. The van der Waals surface area contributed by atoms with Crippen LogP contribution in [0.3, 0.4) is 0 Å². The highest BCUT2D eigenvalue weighted by atomic mass is 32.2. The molecule has 6 heteroatoms. The van der Waals surface area contributed by atoms with Crippen molar-refractivity contribution in [1.29, 1.82) is 0 Å². The first kappa shape index (κ1) is 17.1. The molecule has 23 heavy (non-hydrogen) atoms. The molecule has 1 amide bonds. The van der Waals surface area contributed by atoms with E-state index in [1.165, 1.54) is 18.4 Å². The Kier molecular flexibility index (Phi) is 5.50. The summed E-state index contributed by atoms with van der Waals surface area (Å²) in [5, 5.41) is 2.75. The first-order valence-corrected chi connectivity index (χ1v) is 9.19. The van der Waals surface area contributed by atoms with Gasteiger partial charge in [0, 0.05) is 18.4 Å². The first-order valence-electron chi connectivity index (χ1n) is 7.13. The minimum absolute atomic E-state index is 0.0472. The molecule has 1 N–H and O–H groups in total. The molecule has 0 saturated carbocycles. The fraction of sp³-hybridized carbons (Fsp3) is 0.235. The van der Waals surface area contributed by atoms with Gasteiger partial charge in [0.2, 0.25) is 0 Å². The van der Waals surface area contributed by atoms with Crippen LogP contribution in [0.25, 0.3) is 0 Å². The maximum Gasteiger partial charge on any atom is 0.251 e. The predicted octanol–water partition coefficient (Wildman–Crippen LogP) is 2.34. The Hall–Kier alpha value is -2.21. The van der Waals surface area contributed by atoms with Crippen molar-refractivity contribution in [2.45, 2.75) is 12.2 Å². The number of hydrogen-bond acceptors (Lipinski definition) is 3. The zero-order valence-corrected chi connectivity index (χ0v) is 13.6. The van der Waals surface area contributed by atoms with Crippen LogP contribution in [0.4, 0.5) is 4.39 Å². The quantitative estimate of drug-likeness (QED) is 0.881. The minimum atomic E-state index is -3.09. The third kappa shape index (κ3) is 5.83. The highest BCUT2D eigenvalue weighted by molar-refractivity contribution is 7.89. The number of carbonyl (C=O) groups is 1. The second-order valence-electron chi connectivity index (χ2n) is 5.40. The Morgan fingerprint density at radius 1 is 1.09 bits per heavy atom. The van der Waals surface area contributed by atoms with Crippen LogP contribution in [0.15, 0.2) is 48.5 Å². The van der Waals surface area contributed by atoms with Crippen LogP contribution in [0.1, 0.15) is 21.5 Å². The molecule has 0 unspecified atom stereocenters. The minimum Gasteiger partial charge on any atom is -0.352 e. The summed E-state index contributed by atoms with van der Waals surface area (Å²) in [5.41, 5.74) is 1.92. The maximum absolute atomic E-state index is 13.0. The van der Waals surface area contributed by atoms with E-state index in [4.69, 9.17) is 0 Å². The van der Waals surface area contributed by atoms with Gasteiger partial charge in [-0.25, -0.2) is 12.8 Å². The topological polar surface area (TPSA) is 63.2 Å². The molecule has 122 valence electrons. The van der Waals surface area contributed by atoms with Crippen LogP contribution < -0.4 is 5.32 Å². The molecular formula is C17H18FNO3S. The Morgan fingerprint density at radius 3 is 2.39 bits per heavy atom. The molecule has 0 radical (unpaired) electrons. The lowest BCUT2D eigenvalue weighted by Crippen LogP contribution is -2.25. The van der Waals surface area contributed by atoms with E-state index < -0.39 is 9.84 Å². The summed E-state index contributed by atoms with van der Waals surface area (Å²) in [6, 6.07) is 12.7. The fourth-order valence-corrected chi connectivity index (χ4v) is 2.97. The second kappa shape index (κ2) is 7.37. The number of carbonyl (C=O) groups excluding carboxylic acids is 1. The third-order valence-electron chi connectivity index (χ3n) is 3.23. The van der Waals surface area contributed by atoms with E-state index in [0.717, 1.165) is 5.56 Å². The standard InChI is InChI=1S/C17H18FNO3S/c1-23(21,22)12-14-5-7-15(8-6-14)17(20)19-10-9-13-3-2-4-16(18)11-13/h2-8,11H,9-10,12H2,1H3,(H,19,20). The molecule has 0 atom stereocenters. The smallest absolute Gasteiger partial charge is 0.251 e. The lowest BCUT2D eigenvalue weighted by molar-refractivity contribution is 0.0954. The molecular weight excluding hydrogens is 317 g/mol. The molecule has 0 aliphatic carbocycles. The van der Waals surface area contributed by atoms with Gasteiger partial charge in [0.1, 0.15) is 5.82 Å². The van der Waals surface area contributed by atoms with Crippen molar-refractivity contribution >= 4 is 15.7 Å². The molecule has 4 nitrogen and oxygen atoms in total. The average molecular weight is 335 g/mol. The number of benzene rings is 2. The van der Waals surface area contributed by atoms with Crippen molar-refractivity contribution in [3.05, 3.63) is 71.0 Å². The molecule has 0 fully saturated rings. The van der Waals surface area contributed by atoms with E-state index in [2.05, 4.69) is 5.32 Å². The van der Waals surface area contributed by atoms with E-state index >= 15 is 0 Å². The van der Waals surface area contributed by atoms with E-state index in [1.807, 2.05) is 0 Å². The summed E-state index contributed by atoms with van der Waals surface area (Å²) in [5.74, 6) is -0.586. The van der Waals surface area contributed by atoms with Gasteiger partial charge in [-0.2, -0.15) is 0 Å². The molecule has 2 aromatic rings. The highest BCUT2D eigenvalue weighted by Crippen LogP contribution is 2.08. The maximum atomic E-state index is 13.0. The summed E-state index contributed by atoms with van der Waals surface area (Å²) in [6.45, 7) is 0.396. The Morgan fingerprint density at radius 2 is 1.78 bits per heavy atom. The summed E-state index contributed by atoms with van der Waals surface area (Å²) >= 11 is 0. The zero-order chi connectivity index (χ0) is 16.9. The summed E-state index contributed by atoms with van der Waals surface area (Å²) < 4.78 is 35.5. The van der Waals surface area contributed by atoms with Crippen LogP contribution in [0, 0.1) is 5.82 Å². The molecule has 0 bridgehead atoms. The fourth-order valence-electron chi connectivity index (χ4n) is 2.17. The number of hydrogen-bond donors (Lipinski definition) is 1.